The highest BCUT2D eigenvalue weighted by Gasteiger charge is 2.31. The first-order valence-electron chi connectivity index (χ1n) is 6.89. The number of rotatable bonds is 5. The van der Waals surface area contributed by atoms with Crippen LogP contribution in [0.5, 0.6) is 5.75 Å². The molecule has 112 valence electrons. The van der Waals surface area contributed by atoms with E-state index in [4.69, 9.17) is 4.74 Å². The summed E-state index contributed by atoms with van der Waals surface area (Å²) in [6.45, 7) is 2.21. The molecule has 0 saturated carbocycles. The lowest BCUT2D eigenvalue weighted by Gasteiger charge is -2.33. The van der Waals surface area contributed by atoms with Crippen molar-refractivity contribution in [3.05, 3.63) is 28.2 Å². The van der Waals surface area contributed by atoms with Gasteiger partial charge in [0, 0.05) is 32.9 Å². The van der Waals surface area contributed by atoms with Crippen molar-refractivity contribution in [2.45, 2.75) is 36.4 Å². The van der Waals surface area contributed by atoms with Gasteiger partial charge in [0.1, 0.15) is 5.75 Å². The Labute approximate surface area is 138 Å². The van der Waals surface area contributed by atoms with Crippen LogP contribution in [0.2, 0.25) is 0 Å². The topological polar surface area (TPSA) is 29.5 Å². The van der Waals surface area contributed by atoms with Crippen molar-refractivity contribution in [3.8, 4) is 5.75 Å². The molecule has 2 nitrogen and oxygen atoms in total. The predicted octanol–water partition coefficient (Wildman–Crippen LogP) is 3.99. The summed E-state index contributed by atoms with van der Waals surface area (Å²) in [5.41, 5.74) is 1.11. The summed E-state index contributed by atoms with van der Waals surface area (Å²) in [5.74, 6) is 3.19. The third-order valence-electron chi connectivity index (χ3n) is 3.56. The number of hydrogen-bond donors (Lipinski definition) is 1. The normalized spacial score (nSPS) is 24.4. The lowest BCUT2D eigenvalue weighted by atomic mass is 10.0. The quantitative estimate of drug-likeness (QED) is 0.840. The molecule has 20 heavy (non-hydrogen) atoms. The van der Waals surface area contributed by atoms with Crippen molar-refractivity contribution in [1.82, 2.24) is 0 Å². The molecule has 3 atom stereocenters. The second-order valence-electron chi connectivity index (χ2n) is 4.88. The van der Waals surface area contributed by atoms with E-state index >= 15 is 0 Å². The fourth-order valence-corrected chi connectivity index (χ4v) is 6.03. The third-order valence-corrected chi connectivity index (χ3v) is 7.72. The van der Waals surface area contributed by atoms with Crippen LogP contribution in [-0.2, 0) is 6.42 Å². The molecule has 1 aromatic carbocycles. The zero-order valence-corrected chi connectivity index (χ0v) is 15.1. The number of thioether (sulfide) groups is 2. The minimum absolute atomic E-state index is 0.304. The Bertz CT molecular complexity index is 442. The van der Waals surface area contributed by atoms with Crippen molar-refractivity contribution >= 4 is 39.5 Å². The molecule has 0 amide bonds. The van der Waals surface area contributed by atoms with E-state index in [1.54, 1.807) is 7.11 Å². The standard InChI is InChI=1S/C15H21BrO2S2/c1-3-14-15(20-7-6-19-14)13(17)9-10-8-11(18-2)4-5-12(10)16/h4-5,8,13-15,17H,3,6-7,9H2,1-2H3. The molecule has 2 rings (SSSR count). The summed E-state index contributed by atoms with van der Waals surface area (Å²) >= 11 is 7.49. The van der Waals surface area contributed by atoms with Crippen molar-refractivity contribution in [2.75, 3.05) is 18.6 Å². The van der Waals surface area contributed by atoms with Gasteiger partial charge in [-0.2, -0.15) is 23.5 Å². The molecule has 1 saturated heterocycles. The molecule has 5 heteroatoms. The van der Waals surface area contributed by atoms with Crippen molar-refractivity contribution < 1.29 is 9.84 Å². The van der Waals surface area contributed by atoms with E-state index in [-0.39, 0.29) is 6.10 Å². The van der Waals surface area contributed by atoms with Gasteiger partial charge in [-0.05, 0) is 30.2 Å². The average molecular weight is 377 g/mol. The first-order chi connectivity index (χ1) is 9.65. The van der Waals surface area contributed by atoms with Crippen LogP contribution in [0.25, 0.3) is 0 Å². The van der Waals surface area contributed by atoms with Gasteiger partial charge in [0.05, 0.1) is 13.2 Å². The van der Waals surface area contributed by atoms with E-state index in [0.717, 1.165) is 28.0 Å². The van der Waals surface area contributed by atoms with Gasteiger partial charge in [-0.3, -0.25) is 0 Å². The Balaban J connectivity index is 2.08. The van der Waals surface area contributed by atoms with Gasteiger partial charge >= 0.3 is 0 Å². The lowest BCUT2D eigenvalue weighted by molar-refractivity contribution is 0.169. The van der Waals surface area contributed by atoms with Crippen molar-refractivity contribution in [1.29, 1.82) is 0 Å². The zero-order chi connectivity index (χ0) is 14.5. The molecule has 0 aliphatic carbocycles. The highest BCUT2D eigenvalue weighted by Crippen LogP contribution is 2.36. The first-order valence-corrected chi connectivity index (χ1v) is 9.78. The van der Waals surface area contributed by atoms with Gasteiger partial charge in [0.15, 0.2) is 0 Å². The second-order valence-corrected chi connectivity index (χ2v) is 8.37. The van der Waals surface area contributed by atoms with Gasteiger partial charge in [-0.25, -0.2) is 0 Å². The Morgan fingerprint density at radius 2 is 2.15 bits per heavy atom. The molecule has 1 aromatic rings. The summed E-state index contributed by atoms with van der Waals surface area (Å²) in [7, 11) is 1.67. The average Bonchev–Trinajstić information content (AvgIpc) is 2.49. The van der Waals surface area contributed by atoms with Crippen LogP contribution in [0.4, 0.5) is 0 Å². The Hall–Kier alpha value is 0.160. The molecule has 1 aliphatic heterocycles. The van der Waals surface area contributed by atoms with Gasteiger partial charge in [-0.15, -0.1) is 0 Å². The van der Waals surface area contributed by atoms with E-state index < -0.39 is 0 Å². The van der Waals surface area contributed by atoms with Gasteiger partial charge in [-0.1, -0.05) is 22.9 Å². The maximum atomic E-state index is 10.6. The van der Waals surface area contributed by atoms with E-state index in [1.807, 2.05) is 41.7 Å². The molecular formula is C15H21BrO2S2. The van der Waals surface area contributed by atoms with Gasteiger partial charge < -0.3 is 9.84 Å². The summed E-state index contributed by atoms with van der Waals surface area (Å²) in [5, 5.41) is 11.5. The summed E-state index contributed by atoms with van der Waals surface area (Å²) < 4.78 is 6.31. The monoisotopic (exact) mass is 376 g/mol. The number of benzene rings is 1. The van der Waals surface area contributed by atoms with Crippen molar-refractivity contribution in [2.24, 2.45) is 0 Å². The van der Waals surface area contributed by atoms with Gasteiger partial charge in [0.25, 0.3) is 0 Å². The molecule has 0 radical (unpaired) electrons. The summed E-state index contributed by atoms with van der Waals surface area (Å²) in [6.07, 6.45) is 1.49. The number of ether oxygens (including phenoxy) is 1. The molecule has 0 aromatic heterocycles. The minimum atomic E-state index is -0.304. The number of aliphatic hydroxyl groups is 1. The Morgan fingerprint density at radius 1 is 1.40 bits per heavy atom. The SMILES string of the molecule is CCC1SCCSC1C(O)Cc1cc(OC)ccc1Br. The third kappa shape index (κ3) is 4.09. The molecule has 0 bridgehead atoms. The van der Waals surface area contributed by atoms with E-state index in [9.17, 15) is 5.11 Å². The maximum Gasteiger partial charge on any atom is 0.119 e. The molecule has 1 N–H and O–H groups in total. The largest absolute Gasteiger partial charge is 0.497 e. The highest BCUT2D eigenvalue weighted by atomic mass is 79.9. The molecule has 1 aliphatic rings. The van der Waals surface area contributed by atoms with Crippen LogP contribution < -0.4 is 4.74 Å². The molecular weight excluding hydrogens is 356 g/mol. The number of aliphatic hydroxyl groups excluding tert-OH is 1. The fraction of sp³-hybridized carbons (Fsp3) is 0.600. The fourth-order valence-electron chi connectivity index (χ4n) is 2.47. The van der Waals surface area contributed by atoms with Crippen LogP contribution in [0.3, 0.4) is 0 Å². The molecule has 0 spiro atoms. The van der Waals surface area contributed by atoms with E-state index in [1.165, 1.54) is 5.75 Å². The van der Waals surface area contributed by atoms with Crippen LogP contribution in [0.1, 0.15) is 18.9 Å². The Kier molecular flexibility index (Phi) is 6.59. The first kappa shape index (κ1) is 16.5. The van der Waals surface area contributed by atoms with Gasteiger partial charge in [0.2, 0.25) is 0 Å². The molecule has 1 fully saturated rings. The van der Waals surface area contributed by atoms with Crippen LogP contribution in [0.15, 0.2) is 22.7 Å². The number of halogens is 1. The molecule has 1 heterocycles. The summed E-state index contributed by atoms with van der Waals surface area (Å²) in [6, 6.07) is 5.93. The lowest BCUT2D eigenvalue weighted by Crippen LogP contribution is -2.37. The maximum absolute atomic E-state index is 10.6. The minimum Gasteiger partial charge on any atom is -0.497 e. The number of methoxy groups -OCH3 is 1. The highest BCUT2D eigenvalue weighted by molar-refractivity contribution is 9.10. The van der Waals surface area contributed by atoms with Crippen molar-refractivity contribution in [3.63, 3.8) is 0 Å². The Morgan fingerprint density at radius 3 is 2.85 bits per heavy atom. The number of hydrogen-bond acceptors (Lipinski definition) is 4. The molecule has 3 unspecified atom stereocenters. The second kappa shape index (κ2) is 7.97. The van der Waals surface area contributed by atoms with Crippen LogP contribution >= 0.6 is 39.5 Å². The van der Waals surface area contributed by atoms with Crippen LogP contribution in [0, 0.1) is 0 Å². The van der Waals surface area contributed by atoms with E-state index in [0.29, 0.717) is 16.9 Å². The smallest absolute Gasteiger partial charge is 0.119 e. The summed E-state index contributed by atoms with van der Waals surface area (Å²) in [4.78, 5) is 0. The van der Waals surface area contributed by atoms with E-state index in [2.05, 4.69) is 22.9 Å². The van der Waals surface area contributed by atoms with Crippen LogP contribution in [-0.4, -0.2) is 40.3 Å². The predicted molar refractivity (Wildman–Crippen MR) is 93.2 cm³/mol. The zero-order valence-electron chi connectivity index (χ0n) is 11.8.